The number of carbonyl (C=O) groups excluding carboxylic acids is 2. The molecule has 0 fully saturated rings. The van der Waals surface area contributed by atoms with Crippen LogP contribution in [0.25, 0.3) is 0 Å². The molecule has 1 heterocycles. The molecule has 8 nitrogen and oxygen atoms in total. The predicted molar refractivity (Wildman–Crippen MR) is 95.9 cm³/mol. The van der Waals surface area contributed by atoms with E-state index < -0.39 is 17.9 Å². The Balaban J connectivity index is 2.74. The van der Waals surface area contributed by atoms with Crippen LogP contribution in [0.2, 0.25) is 0 Å². The van der Waals surface area contributed by atoms with Crippen molar-refractivity contribution in [1.29, 1.82) is 0 Å². The number of rotatable bonds is 6. The molecule has 0 radical (unpaired) electrons. The van der Waals surface area contributed by atoms with Crippen LogP contribution in [0.3, 0.4) is 0 Å². The number of ether oxygens (including phenoxy) is 5. The van der Waals surface area contributed by atoms with Crippen LogP contribution < -0.4 is 15.2 Å². The largest absolute Gasteiger partial charge is 0.497 e. The lowest BCUT2D eigenvalue weighted by Crippen LogP contribution is -2.30. The van der Waals surface area contributed by atoms with Crippen molar-refractivity contribution in [2.75, 3.05) is 27.9 Å². The summed E-state index contributed by atoms with van der Waals surface area (Å²) in [6, 6.07) is 5.03. The van der Waals surface area contributed by atoms with Gasteiger partial charge in [0.25, 0.3) is 0 Å². The molecule has 0 spiro atoms. The van der Waals surface area contributed by atoms with Gasteiger partial charge in [-0.25, -0.2) is 9.59 Å². The molecule has 1 atom stereocenters. The first kappa shape index (κ1) is 20.2. The minimum atomic E-state index is -0.883. The number of esters is 2. The number of hydrogen-bond acceptors (Lipinski definition) is 8. The normalized spacial score (nSPS) is 16.6. The number of allylic oxidation sites excluding steroid dienone is 1. The van der Waals surface area contributed by atoms with Gasteiger partial charge in [-0.1, -0.05) is 6.07 Å². The highest BCUT2D eigenvalue weighted by molar-refractivity contribution is 5.99. The van der Waals surface area contributed by atoms with Crippen molar-refractivity contribution in [3.63, 3.8) is 0 Å². The molecule has 0 amide bonds. The second-order valence-corrected chi connectivity index (χ2v) is 5.60. The Morgan fingerprint density at radius 2 is 1.81 bits per heavy atom. The highest BCUT2D eigenvalue weighted by Crippen LogP contribution is 2.44. The summed E-state index contributed by atoms with van der Waals surface area (Å²) in [6.45, 7) is 3.43. The molecule has 1 unspecified atom stereocenters. The summed E-state index contributed by atoms with van der Waals surface area (Å²) in [6.07, 6.45) is 0. The van der Waals surface area contributed by atoms with Gasteiger partial charge in [-0.3, -0.25) is 0 Å². The maximum Gasteiger partial charge on any atom is 0.340 e. The van der Waals surface area contributed by atoms with Gasteiger partial charge in [0.15, 0.2) is 0 Å². The second-order valence-electron chi connectivity index (χ2n) is 5.60. The zero-order chi connectivity index (χ0) is 20.1. The van der Waals surface area contributed by atoms with E-state index in [1.54, 1.807) is 32.0 Å². The average molecular weight is 377 g/mol. The van der Waals surface area contributed by atoms with E-state index in [9.17, 15) is 9.59 Å². The fraction of sp³-hybridized carbons (Fsp3) is 0.368. The number of nitrogens with two attached hydrogens (primary N) is 1. The lowest BCUT2D eigenvalue weighted by molar-refractivity contribution is -0.139. The highest BCUT2D eigenvalue weighted by Gasteiger charge is 2.41. The topological polar surface area (TPSA) is 106 Å². The lowest BCUT2D eigenvalue weighted by atomic mass is 9.82. The third kappa shape index (κ3) is 3.84. The summed E-state index contributed by atoms with van der Waals surface area (Å²) in [5, 5.41) is 0. The van der Waals surface area contributed by atoms with Crippen molar-refractivity contribution in [1.82, 2.24) is 0 Å². The second kappa shape index (κ2) is 8.48. The first-order valence-corrected chi connectivity index (χ1v) is 8.25. The van der Waals surface area contributed by atoms with Crippen molar-refractivity contribution in [2.45, 2.75) is 19.8 Å². The van der Waals surface area contributed by atoms with E-state index in [0.717, 1.165) is 0 Å². The summed E-state index contributed by atoms with van der Waals surface area (Å²) in [5.41, 5.74) is 6.63. The number of hydrogen-bond donors (Lipinski definition) is 1. The predicted octanol–water partition coefficient (Wildman–Crippen LogP) is 2.00. The van der Waals surface area contributed by atoms with Crippen LogP contribution >= 0.6 is 0 Å². The average Bonchev–Trinajstić information content (AvgIpc) is 2.66. The summed E-state index contributed by atoms with van der Waals surface area (Å²) in [5.74, 6) is -1.16. The first-order chi connectivity index (χ1) is 12.9. The van der Waals surface area contributed by atoms with Crippen molar-refractivity contribution >= 4 is 11.9 Å². The molecule has 1 aromatic rings. The molecule has 2 N–H and O–H groups in total. The van der Waals surface area contributed by atoms with Gasteiger partial charge in [0.2, 0.25) is 5.88 Å². The van der Waals surface area contributed by atoms with Gasteiger partial charge in [-0.05, 0) is 19.9 Å². The number of carbonyl (C=O) groups is 2. The molecule has 27 heavy (non-hydrogen) atoms. The Morgan fingerprint density at radius 1 is 1.11 bits per heavy atom. The van der Waals surface area contributed by atoms with Gasteiger partial charge in [0.1, 0.15) is 22.8 Å². The summed E-state index contributed by atoms with van der Waals surface area (Å²) in [4.78, 5) is 25.1. The fourth-order valence-electron chi connectivity index (χ4n) is 2.93. The van der Waals surface area contributed by atoms with E-state index in [1.807, 2.05) is 0 Å². The van der Waals surface area contributed by atoms with Crippen LogP contribution in [0, 0.1) is 0 Å². The maximum atomic E-state index is 12.6. The molecule has 2 rings (SSSR count). The molecule has 1 aliphatic rings. The molecule has 8 heteroatoms. The van der Waals surface area contributed by atoms with Gasteiger partial charge in [-0.15, -0.1) is 0 Å². The summed E-state index contributed by atoms with van der Waals surface area (Å²) in [7, 11) is 4.22. The van der Waals surface area contributed by atoms with E-state index in [2.05, 4.69) is 0 Å². The third-order valence-electron chi connectivity index (χ3n) is 4.14. The third-order valence-corrected chi connectivity index (χ3v) is 4.14. The Labute approximate surface area is 157 Å². The fourth-order valence-corrected chi connectivity index (χ4v) is 2.93. The SMILES string of the molecule is CCOC(=O)C1=C(C)OC(N)=C(C(=O)OC)C1c1ccc(OC)cc1OC. The quantitative estimate of drug-likeness (QED) is 0.750. The molecule has 0 bridgehead atoms. The Hall–Kier alpha value is -3.16. The van der Waals surface area contributed by atoms with Crippen LogP contribution in [-0.2, 0) is 23.8 Å². The molecule has 1 aliphatic heterocycles. The van der Waals surface area contributed by atoms with Crippen molar-refractivity contribution in [2.24, 2.45) is 5.73 Å². The highest BCUT2D eigenvalue weighted by atomic mass is 16.5. The molecular weight excluding hydrogens is 354 g/mol. The summed E-state index contributed by atoms with van der Waals surface area (Å²) >= 11 is 0. The van der Waals surface area contributed by atoms with E-state index in [1.165, 1.54) is 21.3 Å². The molecular formula is C19H23NO7. The zero-order valence-corrected chi connectivity index (χ0v) is 16.0. The number of benzene rings is 1. The minimum Gasteiger partial charge on any atom is -0.497 e. The molecule has 0 aliphatic carbocycles. The van der Waals surface area contributed by atoms with Crippen LogP contribution in [0.15, 0.2) is 41.0 Å². The van der Waals surface area contributed by atoms with E-state index in [0.29, 0.717) is 17.1 Å². The van der Waals surface area contributed by atoms with Gasteiger partial charge in [0, 0.05) is 11.6 Å². The molecule has 0 saturated carbocycles. The first-order valence-electron chi connectivity index (χ1n) is 8.25. The van der Waals surface area contributed by atoms with Crippen LogP contribution in [0.1, 0.15) is 25.3 Å². The van der Waals surface area contributed by atoms with Crippen molar-refractivity contribution in [3.8, 4) is 11.5 Å². The maximum absolute atomic E-state index is 12.6. The van der Waals surface area contributed by atoms with E-state index in [-0.39, 0.29) is 29.4 Å². The van der Waals surface area contributed by atoms with E-state index >= 15 is 0 Å². The molecule has 0 saturated heterocycles. The number of methoxy groups -OCH3 is 3. The minimum absolute atomic E-state index is 0.00498. The smallest absolute Gasteiger partial charge is 0.340 e. The van der Waals surface area contributed by atoms with Crippen molar-refractivity contribution in [3.05, 3.63) is 46.6 Å². The Kier molecular flexibility index (Phi) is 6.33. The van der Waals surface area contributed by atoms with Gasteiger partial charge < -0.3 is 29.4 Å². The Bertz CT molecular complexity index is 810. The molecule has 146 valence electrons. The standard InChI is InChI=1S/C19H23NO7/c1-6-26-19(22)14-10(2)27-17(20)16(18(21)25-5)15(14)12-8-7-11(23-3)9-13(12)24-4/h7-9,15H,6,20H2,1-5H3. The Morgan fingerprint density at radius 3 is 2.37 bits per heavy atom. The molecule has 1 aromatic carbocycles. The van der Waals surface area contributed by atoms with E-state index in [4.69, 9.17) is 29.4 Å². The zero-order valence-electron chi connectivity index (χ0n) is 16.0. The van der Waals surface area contributed by atoms with Gasteiger partial charge in [0.05, 0.1) is 39.4 Å². The van der Waals surface area contributed by atoms with Crippen molar-refractivity contribution < 1.29 is 33.3 Å². The van der Waals surface area contributed by atoms with Crippen LogP contribution in [-0.4, -0.2) is 39.9 Å². The van der Waals surface area contributed by atoms with Gasteiger partial charge in [-0.2, -0.15) is 0 Å². The molecule has 0 aromatic heterocycles. The van der Waals surface area contributed by atoms with Crippen LogP contribution in [0.4, 0.5) is 0 Å². The summed E-state index contributed by atoms with van der Waals surface area (Å²) < 4.78 is 26.1. The lowest BCUT2D eigenvalue weighted by Gasteiger charge is -2.29. The monoisotopic (exact) mass is 377 g/mol. The van der Waals surface area contributed by atoms with Crippen LogP contribution in [0.5, 0.6) is 11.5 Å². The van der Waals surface area contributed by atoms with Gasteiger partial charge >= 0.3 is 11.9 Å².